The highest BCUT2D eigenvalue weighted by atomic mass is 79.9. The zero-order chi connectivity index (χ0) is 105. The summed E-state index contributed by atoms with van der Waals surface area (Å²) in [6, 6.07) is 49.9. The number of carbonyl (C=O) groups is 5. The lowest BCUT2D eigenvalue weighted by Crippen LogP contribution is -2.50. The monoisotopic (exact) mass is 2250 g/mol. The van der Waals surface area contributed by atoms with Gasteiger partial charge in [0.05, 0.1) is 73.4 Å². The lowest BCUT2D eigenvalue weighted by atomic mass is 10.0. The maximum atomic E-state index is 13.4. The van der Waals surface area contributed by atoms with E-state index in [0.717, 1.165) is 132 Å². The van der Waals surface area contributed by atoms with Gasteiger partial charge in [-0.25, -0.2) is 74.8 Å². The number of halogens is 9. The lowest BCUT2D eigenvalue weighted by Gasteiger charge is -2.39. The van der Waals surface area contributed by atoms with Crippen LogP contribution in [0.15, 0.2) is 229 Å². The normalized spacial score (nSPS) is 18.4. The first kappa shape index (κ1) is 108. The Morgan fingerprint density at radius 2 is 0.578 bits per heavy atom. The molecule has 10 aromatic rings. The molecular formula is C100H100BrCl3F5N11O22S5. The van der Waals surface area contributed by atoms with E-state index in [9.17, 15) is 98.1 Å². The number of fused-ring (bicyclic) bond motifs is 5. The molecule has 0 aromatic heterocycles. The van der Waals surface area contributed by atoms with Crippen LogP contribution < -0.4 is 24.5 Å². The zero-order valence-electron chi connectivity index (χ0n) is 79.5. The zero-order valence-corrected chi connectivity index (χ0v) is 87.4. The maximum Gasteiger partial charge on any atom is 0.416 e. The van der Waals surface area contributed by atoms with Gasteiger partial charge in [0.25, 0.3) is 5.69 Å². The summed E-state index contributed by atoms with van der Waals surface area (Å²) in [5.41, 5.74) is 11.6. The van der Waals surface area contributed by atoms with Crippen molar-refractivity contribution in [2.24, 2.45) is 0 Å². The van der Waals surface area contributed by atoms with E-state index in [-0.39, 0.29) is 162 Å². The topological polar surface area (TPSA) is 378 Å². The number of anilines is 5. The van der Waals surface area contributed by atoms with Gasteiger partial charge in [0.15, 0.2) is 0 Å². The minimum Gasteiger partial charge on any atom is -0.444 e. The molecule has 10 aliphatic rings. The van der Waals surface area contributed by atoms with Crippen molar-refractivity contribution in [3.63, 3.8) is 0 Å². The largest absolute Gasteiger partial charge is 0.444 e. The predicted octanol–water partition coefficient (Wildman–Crippen LogP) is 20.1. The second kappa shape index (κ2) is 44.7. The fourth-order valence-electron chi connectivity index (χ4n) is 19.4. The Kier molecular flexibility index (Phi) is 32.9. The molecule has 0 atom stereocenters. The highest BCUT2D eigenvalue weighted by Crippen LogP contribution is 2.43. The summed E-state index contributed by atoms with van der Waals surface area (Å²) < 4.78 is 229. The summed E-state index contributed by atoms with van der Waals surface area (Å²) in [6.07, 6.45) is -2.22. The molecule has 0 radical (unpaired) electrons. The predicted molar refractivity (Wildman–Crippen MR) is 540 cm³/mol. The van der Waals surface area contributed by atoms with Gasteiger partial charge in [0.1, 0.15) is 44.7 Å². The summed E-state index contributed by atoms with van der Waals surface area (Å²) in [5.74, 6) is -1.34. The first-order valence-electron chi connectivity index (χ1n) is 46.8. The Balaban J connectivity index is 0.000000131. The van der Waals surface area contributed by atoms with E-state index >= 15 is 0 Å². The van der Waals surface area contributed by atoms with Crippen molar-refractivity contribution < 1.29 is 117 Å². The quantitative estimate of drug-likeness (QED) is 0.0375. The number of alkyl halides is 3. The number of amides is 5. The Labute approximate surface area is 870 Å². The number of non-ortho nitro benzene ring substituents is 1. The summed E-state index contributed by atoms with van der Waals surface area (Å²) in [5, 5.41) is 11.1. The average Bonchev–Trinajstić information content (AvgIpc) is 0.779. The Morgan fingerprint density at radius 1 is 0.327 bits per heavy atom. The van der Waals surface area contributed by atoms with Crippen LogP contribution >= 0.6 is 50.7 Å². The molecule has 0 N–H and O–H groups in total. The third-order valence-corrected chi connectivity index (χ3v) is 37.8. The molecule has 0 aliphatic carbocycles. The van der Waals surface area contributed by atoms with Crippen LogP contribution in [-0.4, -0.2) is 195 Å². The Morgan fingerprint density at radius 3 is 0.857 bits per heavy atom. The summed E-state index contributed by atoms with van der Waals surface area (Å²) >= 11 is 20.8. The second-order valence-corrected chi connectivity index (χ2v) is 48.3. The number of hydrogen-bond acceptors (Lipinski definition) is 22. The number of hydrogen-bond donors (Lipinski definition) is 0. The number of piperidine rings is 5. The SMILES string of the molecule is Cc1ccc2c(c1)COC(=O)N2C1CCN(S(=O)(=O)c2ccc(Br)cc2)CC1.Cc1ccc2c(c1)COC(=O)N2C1CCN(S(=O)(=O)c2ccc(F)c(Cl)c2)CC1.Cc1ccc2c(c1)COC(=O)N2C1CCN(S(=O)(=O)c2cccc(C(F)(F)F)c2)CC1.Cc1ccc2c(c1)COC(=O)N2C1CCN(S(=O)(=O)c2cccc([N+](=O)[O-])c2)CC1.O=C1OCc2cc(Cl)ccc2N1C1CCN(S(=O)(=O)c2ccc(F)c(Cl)c2)CC1. The number of nitro groups is 1. The Hall–Kier alpha value is -11.5. The molecule has 0 saturated carbocycles. The van der Waals surface area contributed by atoms with Crippen LogP contribution in [0.4, 0.5) is 80.0 Å². The van der Waals surface area contributed by atoms with Gasteiger partial charge in [0.2, 0.25) is 50.1 Å². The number of benzene rings is 10. The van der Waals surface area contributed by atoms with E-state index in [2.05, 4.69) is 15.9 Å². The van der Waals surface area contributed by atoms with Crippen molar-refractivity contribution in [1.82, 2.24) is 21.5 Å². The molecule has 10 aliphatic heterocycles. The van der Waals surface area contributed by atoms with Crippen LogP contribution in [0.2, 0.25) is 15.1 Å². The molecule has 0 bridgehead atoms. The fraction of sp³-hybridized carbons (Fsp3) is 0.350. The number of carbonyl (C=O) groups excluding carboxylic acids is 5. The molecule has 147 heavy (non-hydrogen) atoms. The van der Waals surface area contributed by atoms with Crippen LogP contribution in [-0.2, 0) is 113 Å². The van der Waals surface area contributed by atoms with Gasteiger partial charge in [-0.05, 0) is 219 Å². The van der Waals surface area contributed by atoms with E-state index in [0.29, 0.717) is 88.4 Å². The highest BCUT2D eigenvalue weighted by molar-refractivity contribution is 9.10. The minimum atomic E-state index is -4.63. The smallest absolute Gasteiger partial charge is 0.416 e. The number of sulfonamides is 5. The molecule has 5 amide bonds. The van der Waals surface area contributed by atoms with Crippen LogP contribution in [0.3, 0.4) is 0 Å². The average molecular weight is 2250 g/mol. The van der Waals surface area contributed by atoms with E-state index in [1.807, 2.05) is 100 Å². The Bertz CT molecular complexity index is 7200. The van der Waals surface area contributed by atoms with Crippen LogP contribution in [0.1, 0.15) is 120 Å². The molecule has 5 fully saturated rings. The third-order valence-electron chi connectivity index (χ3n) is 26.9. The van der Waals surface area contributed by atoms with E-state index in [1.54, 1.807) is 67.0 Å². The van der Waals surface area contributed by atoms with E-state index in [4.69, 9.17) is 58.5 Å². The number of nitro benzene ring substituents is 1. The second-order valence-electron chi connectivity index (χ2n) is 36.5. The number of cyclic esters (lactones) is 5. The molecule has 20 rings (SSSR count). The van der Waals surface area contributed by atoms with Gasteiger partial charge in [-0.2, -0.15) is 34.7 Å². The van der Waals surface area contributed by atoms with Gasteiger partial charge in [0, 0.05) is 145 Å². The summed E-state index contributed by atoms with van der Waals surface area (Å²) in [6.45, 7) is 11.3. The van der Waals surface area contributed by atoms with Crippen molar-refractivity contribution >= 4 is 165 Å². The van der Waals surface area contributed by atoms with Gasteiger partial charge in [-0.15, -0.1) is 0 Å². The standard InChI is InChI=1S/C21H21F3N2O4S.C20H21BrN2O4S.C20H20ClFN2O4S.C20H21N3O6S.C19H17Cl2FN2O4S/c1-14-5-6-19-15(11-14)13-30-20(27)26(19)17-7-9-25(10-8-17)31(28,29)18-4-2-3-16(12-18)21(22,23)24;1-14-2-7-19-15(12-14)13-27-20(24)23(19)17-8-10-22(11-9-17)28(25,26)18-5-3-16(21)4-6-18;1-13-2-5-19-14(10-13)12-28-20(25)24(19)15-6-8-23(9-7-15)29(26,27)16-3-4-18(22)17(21)11-16;1-14-5-6-19-15(11-14)13-29-20(24)22(19)16-7-9-21(10-8-16)30(27,28)18-4-2-3-17(12-18)23(25)26;20-13-1-4-18-12(9-13)11-28-19(25)24(18)14-5-7-23(8-6-14)29(26,27)15-2-3-17(22)16(21)10-15/h2-6,11-12,17H,7-10,13H2,1H3;2-7,12,17H,8-11,13H2,1H3;2-5,10-11,15H,6-9,12H2,1H3;2-6,11-12,16H,7-10,13H2,1H3;1-4,9-10,14H,5-8,11H2. The van der Waals surface area contributed by atoms with Crippen molar-refractivity contribution in [3.8, 4) is 0 Å². The molecule has 33 nitrogen and oxygen atoms in total. The van der Waals surface area contributed by atoms with Crippen LogP contribution in [0.25, 0.3) is 0 Å². The molecule has 780 valence electrons. The summed E-state index contributed by atoms with van der Waals surface area (Å²) in [4.78, 5) is 80.3. The van der Waals surface area contributed by atoms with Crippen molar-refractivity contribution in [3.05, 3.63) is 297 Å². The van der Waals surface area contributed by atoms with E-state index < -0.39 is 103 Å². The van der Waals surface area contributed by atoms with Gasteiger partial charge in [-0.3, -0.25) is 34.6 Å². The van der Waals surface area contributed by atoms with Crippen molar-refractivity contribution in [1.29, 1.82) is 0 Å². The molecule has 0 spiro atoms. The molecule has 0 unspecified atom stereocenters. The number of ether oxygens (including phenoxy) is 5. The molecule has 5 saturated heterocycles. The van der Waals surface area contributed by atoms with E-state index in [1.165, 1.54) is 51.9 Å². The molecular weight excluding hydrogens is 2150 g/mol. The number of aryl methyl sites for hydroxylation is 4. The van der Waals surface area contributed by atoms with Gasteiger partial charge in [-0.1, -0.05) is 134 Å². The third kappa shape index (κ3) is 23.9. The van der Waals surface area contributed by atoms with Gasteiger partial charge >= 0.3 is 36.6 Å². The first-order chi connectivity index (χ1) is 69.7. The van der Waals surface area contributed by atoms with Gasteiger partial charge < -0.3 is 23.7 Å². The van der Waals surface area contributed by atoms with Crippen LogP contribution in [0.5, 0.6) is 0 Å². The number of nitrogens with zero attached hydrogens (tertiary/aromatic N) is 11. The lowest BCUT2D eigenvalue weighted by molar-refractivity contribution is -0.385. The molecule has 47 heteroatoms. The number of rotatable bonds is 16. The summed E-state index contributed by atoms with van der Waals surface area (Å²) in [7, 11) is -19.1. The first-order valence-corrected chi connectivity index (χ1v) is 55.9. The van der Waals surface area contributed by atoms with Crippen molar-refractivity contribution in [2.75, 3.05) is 89.9 Å². The molecule has 10 heterocycles. The van der Waals surface area contributed by atoms with Crippen molar-refractivity contribution in [2.45, 2.75) is 186 Å². The maximum absolute atomic E-state index is 13.4. The molecule has 10 aromatic carbocycles. The van der Waals surface area contributed by atoms with Crippen LogP contribution in [0, 0.1) is 49.4 Å². The fourth-order valence-corrected chi connectivity index (χ4v) is 27.8. The minimum absolute atomic E-state index is 0.0412. The highest BCUT2D eigenvalue weighted by Gasteiger charge is 2.46.